The van der Waals surface area contributed by atoms with Gasteiger partial charge in [0.1, 0.15) is 5.75 Å². The summed E-state index contributed by atoms with van der Waals surface area (Å²) in [5.74, 6) is 1.46. The second kappa shape index (κ2) is 10.6. The average molecular weight is 588 g/mol. The number of halogens is 1. The molecule has 0 spiro atoms. The van der Waals surface area contributed by atoms with Gasteiger partial charge in [0, 0.05) is 11.8 Å². The maximum Gasteiger partial charge on any atom is 0.271 e. The number of carbonyl (C=O) groups is 1. The van der Waals surface area contributed by atoms with Crippen molar-refractivity contribution >= 4 is 40.6 Å². The van der Waals surface area contributed by atoms with E-state index >= 15 is 0 Å². The van der Waals surface area contributed by atoms with Crippen molar-refractivity contribution in [2.24, 2.45) is 4.99 Å². The van der Waals surface area contributed by atoms with Crippen LogP contribution < -0.4 is 34.4 Å². The Morgan fingerprint density at radius 2 is 1.83 bits per heavy atom. The maximum absolute atomic E-state index is 14.0. The van der Waals surface area contributed by atoms with Gasteiger partial charge in [0.05, 0.1) is 34.0 Å². The molecule has 2 aliphatic heterocycles. The molecular weight excluding hydrogens is 562 g/mol. The number of benzene rings is 3. The van der Waals surface area contributed by atoms with Crippen molar-refractivity contribution in [1.29, 1.82) is 0 Å². The third kappa shape index (κ3) is 4.92. The Bertz CT molecular complexity index is 1920. The fraction of sp³-hybridized carbons (Fsp3) is 0.194. The van der Waals surface area contributed by atoms with Crippen molar-refractivity contribution in [3.63, 3.8) is 0 Å². The van der Waals surface area contributed by atoms with Gasteiger partial charge in [0.2, 0.25) is 6.79 Å². The number of fused-ring (bicyclic) bond motifs is 2. The van der Waals surface area contributed by atoms with Gasteiger partial charge in [-0.15, -0.1) is 0 Å². The number of allylic oxidation sites excluding steroid dienone is 1. The van der Waals surface area contributed by atoms with Crippen LogP contribution in [0.2, 0.25) is 5.02 Å². The maximum atomic E-state index is 14.0. The highest BCUT2D eigenvalue weighted by atomic mass is 35.5. The number of amides is 1. The van der Waals surface area contributed by atoms with Gasteiger partial charge < -0.3 is 19.5 Å². The lowest BCUT2D eigenvalue weighted by molar-refractivity contribution is -0.113. The highest BCUT2D eigenvalue weighted by molar-refractivity contribution is 7.07. The van der Waals surface area contributed by atoms with E-state index in [4.69, 9.17) is 30.8 Å². The summed E-state index contributed by atoms with van der Waals surface area (Å²) in [6.07, 6.45) is 1.72. The number of rotatable bonds is 5. The van der Waals surface area contributed by atoms with Gasteiger partial charge in [-0.05, 0) is 67.8 Å². The van der Waals surface area contributed by atoms with Crippen LogP contribution in [0.15, 0.2) is 75.7 Å². The van der Waals surface area contributed by atoms with Crippen LogP contribution in [-0.2, 0) is 4.79 Å². The number of ether oxygens (including phenoxy) is 3. The minimum absolute atomic E-state index is 0.116. The zero-order chi connectivity index (χ0) is 28.8. The fourth-order valence-corrected chi connectivity index (χ4v) is 6.29. The SMILES string of the molecule is COc1ccc([C@@H]2C(C(=O)Nc3ccc(C)cc3C)=C(C)N=c3s/c(=C\c4cc5c(cc4Cl)OCO5)c(=O)n32)cc1. The van der Waals surface area contributed by atoms with Crippen LogP contribution in [0.25, 0.3) is 6.08 Å². The van der Waals surface area contributed by atoms with Crippen molar-refractivity contribution in [2.45, 2.75) is 26.8 Å². The highest BCUT2D eigenvalue weighted by Crippen LogP contribution is 2.37. The summed E-state index contributed by atoms with van der Waals surface area (Å²) in [6.45, 7) is 5.85. The Labute approximate surface area is 244 Å². The molecule has 3 heterocycles. The van der Waals surface area contributed by atoms with Crippen molar-refractivity contribution in [1.82, 2.24) is 4.57 Å². The van der Waals surface area contributed by atoms with E-state index in [1.54, 1.807) is 36.8 Å². The molecule has 8 nitrogen and oxygen atoms in total. The van der Waals surface area contributed by atoms with Gasteiger partial charge in [0.15, 0.2) is 16.3 Å². The number of thiazole rings is 1. The Morgan fingerprint density at radius 1 is 1.10 bits per heavy atom. The molecule has 0 radical (unpaired) electrons. The second-order valence-electron chi connectivity index (χ2n) is 9.85. The van der Waals surface area contributed by atoms with E-state index < -0.39 is 6.04 Å². The molecule has 208 valence electrons. The number of hydrogen-bond donors (Lipinski definition) is 1. The van der Waals surface area contributed by atoms with E-state index in [9.17, 15) is 9.59 Å². The molecule has 1 amide bonds. The molecule has 1 N–H and O–H groups in total. The van der Waals surface area contributed by atoms with Crippen LogP contribution in [0.1, 0.15) is 35.2 Å². The Hall–Kier alpha value is -4.34. The van der Waals surface area contributed by atoms with Crippen LogP contribution in [0.3, 0.4) is 0 Å². The molecule has 10 heteroatoms. The van der Waals surface area contributed by atoms with Gasteiger partial charge in [-0.25, -0.2) is 4.99 Å². The summed E-state index contributed by atoms with van der Waals surface area (Å²) in [6, 6.07) is 15.9. The smallest absolute Gasteiger partial charge is 0.271 e. The topological polar surface area (TPSA) is 91.2 Å². The standard InChI is InChI=1S/C31H26ClN3O5S/c1-16-5-10-23(17(2)11-16)34-29(36)27-18(3)33-31-35(28(27)19-6-8-21(38-4)9-7-19)30(37)26(41-31)13-20-12-24-25(14-22(20)32)40-15-39-24/h5-14,28H,15H2,1-4H3,(H,34,36)/b26-13-/t28-/m1/s1. The van der Waals surface area contributed by atoms with Crippen LogP contribution >= 0.6 is 22.9 Å². The minimum atomic E-state index is -0.711. The second-order valence-corrected chi connectivity index (χ2v) is 11.3. The van der Waals surface area contributed by atoms with Gasteiger partial charge in [0.25, 0.3) is 11.5 Å². The summed E-state index contributed by atoms with van der Waals surface area (Å²) in [4.78, 5) is 33.1. The number of aryl methyl sites for hydroxylation is 2. The van der Waals surface area contributed by atoms with Crippen molar-refractivity contribution < 1.29 is 19.0 Å². The lowest BCUT2D eigenvalue weighted by Crippen LogP contribution is -2.40. The zero-order valence-electron chi connectivity index (χ0n) is 22.8. The van der Waals surface area contributed by atoms with Crippen LogP contribution in [0.4, 0.5) is 5.69 Å². The highest BCUT2D eigenvalue weighted by Gasteiger charge is 2.33. The first kappa shape index (κ1) is 26.9. The van der Waals surface area contributed by atoms with E-state index in [1.165, 1.54) is 11.3 Å². The number of anilines is 1. The Balaban J connectivity index is 1.49. The van der Waals surface area contributed by atoms with Gasteiger partial charge in [-0.1, -0.05) is 52.8 Å². The van der Waals surface area contributed by atoms with Crippen molar-refractivity contribution in [2.75, 3.05) is 19.2 Å². The normalized spacial score (nSPS) is 15.9. The van der Waals surface area contributed by atoms with Crippen molar-refractivity contribution in [3.8, 4) is 17.2 Å². The van der Waals surface area contributed by atoms with Crippen LogP contribution in [-0.4, -0.2) is 24.4 Å². The largest absolute Gasteiger partial charge is 0.497 e. The zero-order valence-corrected chi connectivity index (χ0v) is 24.4. The Kier molecular flexibility index (Phi) is 6.93. The summed E-state index contributed by atoms with van der Waals surface area (Å²) >= 11 is 7.75. The minimum Gasteiger partial charge on any atom is -0.497 e. The third-order valence-corrected chi connectivity index (χ3v) is 8.42. The van der Waals surface area contributed by atoms with E-state index in [-0.39, 0.29) is 18.3 Å². The number of nitrogens with zero attached hydrogens (tertiary/aromatic N) is 2. The van der Waals surface area contributed by atoms with Crippen LogP contribution in [0.5, 0.6) is 17.2 Å². The Morgan fingerprint density at radius 3 is 2.54 bits per heavy atom. The summed E-state index contributed by atoms with van der Waals surface area (Å²) in [5, 5.41) is 3.47. The molecule has 1 aromatic heterocycles. The number of hydrogen-bond acceptors (Lipinski definition) is 7. The first-order valence-electron chi connectivity index (χ1n) is 12.9. The molecule has 0 unspecified atom stereocenters. The predicted octanol–water partition coefficient (Wildman–Crippen LogP) is 4.88. The number of carbonyl (C=O) groups excluding carboxylic acids is 1. The predicted molar refractivity (Wildman–Crippen MR) is 159 cm³/mol. The molecule has 0 saturated heterocycles. The molecule has 0 bridgehead atoms. The fourth-order valence-electron chi connectivity index (χ4n) is 5.04. The first-order chi connectivity index (χ1) is 19.7. The summed E-state index contributed by atoms with van der Waals surface area (Å²) < 4.78 is 18.2. The molecule has 0 fully saturated rings. The van der Waals surface area contributed by atoms with Crippen molar-refractivity contribution in [3.05, 3.63) is 113 Å². The van der Waals surface area contributed by atoms with E-state index in [1.807, 2.05) is 56.3 Å². The molecule has 1 atom stereocenters. The number of nitrogens with one attached hydrogen (secondary N) is 1. The van der Waals surface area contributed by atoms with Gasteiger partial charge in [-0.2, -0.15) is 0 Å². The molecule has 6 rings (SSSR count). The average Bonchev–Trinajstić information content (AvgIpc) is 3.52. The van der Waals surface area contributed by atoms with Gasteiger partial charge >= 0.3 is 0 Å². The van der Waals surface area contributed by atoms with E-state index in [0.717, 1.165) is 16.7 Å². The van der Waals surface area contributed by atoms with E-state index in [0.29, 0.717) is 54.1 Å². The summed E-state index contributed by atoms with van der Waals surface area (Å²) in [5.41, 5.74) is 4.73. The molecule has 4 aromatic rings. The molecular formula is C31H26ClN3O5S. The number of methoxy groups -OCH3 is 1. The molecule has 2 aliphatic rings. The van der Waals surface area contributed by atoms with Crippen LogP contribution in [0, 0.1) is 13.8 Å². The quantitative estimate of drug-likeness (QED) is 0.359. The number of aromatic nitrogens is 1. The molecule has 0 aliphatic carbocycles. The molecule has 41 heavy (non-hydrogen) atoms. The molecule has 0 saturated carbocycles. The molecule has 3 aromatic carbocycles. The van der Waals surface area contributed by atoms with Gasteiger partial charge in [-0.3, -0.25) is 14.2 Å². The lowest BCUT2D eigenvalue weighted by Gasteiger charge is -2.25. The summed E-state index contributed by atoms with van der Waals surface area (Å²) in [7, 11) is 1.59. The third-order valence-electron chi connectivity index (χ3n) is 7.11. The monoisotopic (exact) mass is 587 g/mol. The lowest BCUT2D eigenvalue weighted by atomic mass is 9.95. The van der Waals surface area contributed by atoms with E-state index in [2.05, 4.69) is 5.32 Å². The first-order valence-corrected chi connectivity index (χ1v) is 14.1.